The monoisotopic (exact) mass is 333 g/mol. The normalized spacial score (nSPS) is 11.6. The van der Waals surface area contributed by atoms with Crippen molar-refractivity contribution >= 4 is 0 Å². The highest BCUT2D eigenvalue weighted by Crippen LogP contribution is 2.29. The molecule has 1 aromatic carbocycles. The van der Waals surface area contributed by atoms with E-state index in [1.54, 1.807) is 12.3 Å². The van der Waals surface area contributed by atoms with E-state index in [-0.39, 0.29) is 6.42 Å². The van der Waals surface area contributed by atoms with Gasteiger partial charge in [-0.05, 0) is 23.8 Å². The second kappa shape index (κ2) is 6.82. The topological polar surface area (TPSA) is 51.8 Å². The van der Waals surface area contributed by atoms with Gasteiger partial charge in [0.1, 0.15) is 23.7 Å². The van der Waals surface area contributed by atoms with Crippen LogP contribution in [-0.2, 0) is 25.4 Å². The lowest BCUT2D eigenvalue weighted by Crippen LogP contribution is -2.07. The Bertz CT molecular complexity index is 801. The van der Waals surface area contributed by atoms with Crippen molar-refractivity contribution < 1.29 is 17.6 Å². The standard InChI is InChI=1S/C17H14F3N3O/c18-17(19,20)13-4-1-3-12(9-13)10-16-22-11-21-15(23-16)7-6-14-5-2-8-24-14/h1-5,8-9,11H,6-7,10H2. The van der Waals surface area contributed by atoms with Crippen LogP contribution < -0.4 is 0 Å². The zero-order valence-electron chi connectivity index (χ0n) is 12.6. The molecule has 4 nitrogen and oxygen atoms in total. The van der Waals surface area contributed by atoms with Crippen LogP contribution >= 0.6 is 0 Å². The minimum absolute atomic E-state index is 0.222. The van der Waals surface area contributed by atoms with Crippen LogP contribution in [0.5, 0.6) is 0 Å². The number of aromatic nitrogens is 3. The summed E-state index contributed by atoms with van der Waals surface area (Å²) in [4.78, 5) is 12.5. The van der Waals surface area contributed by atoms with E-state index in [2.05, 4.69) is 15.0 Å². The van der Waals surface area contributed by atoms with Gasteiger partial charge in [-0.2, -0.15) is 13.2 Å². The first kappa shape index (κ1) is 16.2. The average molecular weight is 333 g/mol. The number of alkyl halides is 3. The van der Waals surface area contributed by atoms with Crippen LogP contribution in [0, 0.1) is 0 Å². The van der Waals surface area contributed by atoms with Crippen LogP contribution in [0.2, 0.25) is 0 Å². The number of furan rings is 1. The lowest BCUT2D eigenvalue weighted by Gasteiger charge is -2.08. The molecule has 2 heterocycles. The summed E-state index contributed by atoms with van der Waals surface area (Å²) in [5, 5.41) is 0. The SMILES string of the molecule is FC(F)(F)c1cccc(Cc2ncnc(CCc3ccco3)n2)c1. The number of rotatable bonds is 5. The first-order chi connectivity index (χ1) is 11.5. The number of hydrogen-bond donors (Lipinski definition) is 0. The smallest absolute Gasteiger partial charge is 0.416 e. The second-order valence-electron chi connectivity index (χ2n) is 5.27. The Morgan fingerprint density at radius 2 is 1.79 bits per heavy atom. The molecule has 7 heteroatoms. The molecule has 0 aliphatic rings. The van der Waals surface area contributed by atoms with E-state index in [9.17, 15) is 13.2 Å². The first-order valence-electron chi connectivity index (χ1n) is 7.36. The highest BCUT2D eigenvalue weighted by Gasteiger charge is 2.30. The lowest BCUT2D eigenvalue weighted by atomic mass is 10.1. The predicted molar refractivity (Wildman–Crippen MR) is 80.2 cm³/mol. The number of benzene rings is 1. The molecule has 24 heavy (non-hydrogen) atoms. The van der Waals surface area contributed by atoms with E-state index in [1.807, 2.05) is 12.1 Å². The Hall–Kier alpha value is -2.70. The van der Waals surface area contributed by atoms with E-state index in [0.29, 0.717) is 30.1 Å². The van der Waals surface area contributed by atoms with Gasteiger partial charge < -0.3 is 4.42 Å². The van der Waals surface area contributed by atoms with Crippen molar-refractivity contribution in [2.75, 3.05) is 0 Å². The molecule has 0 atom stereocenters. The molecule has 0 aliphatic carbocycles. The maximum atomic E-state index is 12.8. The van der Waals surface area contributed by atoms with Gasteiger partial charge in [-0.25, -0.2) is 15.0 Å². The van der Waals surface area contributed by atoms with E-state index in [0.717, 1.165) is 17.9 Å². The number of hydrogen-bond acceptors (Lipinski definition) is 4. The van der Waals surface area contributed by atoms with Gasteiger partial charge in [0, 0.05) is 19.3 Å². The Labute approximate surface area is 136 Å². The highest BCUT2D eigenvalue weighted by molar-refractivity contribution is 5.27. The molecule has 3 rings (SSSR count). The maximum Gasteiger partial charge on any atom is 0.416 e. The molecule has 0 saturated carbocycles. The molecule has 0 amide bonds. The van der Waals surface area contributed by atoms with E-state index < -0.39 is 11.7 Å². The van der Waals surface area contributed by atoms with Crippen molar-refractivity contribution in [2.45, 2.75) is 25.4 Å². The molecule has 0 N–H and O–H groups in total. The van der Waals surface area contributed by atoms with Gasteiger partial charge >= 0.3 is 6.18 Å². The molecule has 2 aromatic heterocycles. The third-order valence-corrected chi connectivity index (χ3v) is 3.46. The van der Waals surface area contributed by atoms with E-state index in [1.165, 1.54) is 12.4 Å². The largest absolute Gasteiger partial charge is 0.469 e. The molecule has 0 bridgehead atoms. The molecule has 124 valence electrons. The summed E-state index contributed by atoms with van der Waals surface area (Å²) in [6.07, 6.45) is 0.0738. The maximum absolute atomic E-state index is 12.8. The molecular formula is C17H14F3N3O. The predicted octanol–water partition coefficient (Wildman–Crippen LogP) is 3.86. The van der Waals surface area contributed by atoms with Gasteiger partial charge in [-0.1, -0.05) is 18.2 Å². The van der Waals surface area contributed by atoms with Gasteiger partial charge in [0.2, 0.25) is 0 Å². The van der Waals surface area contributed by atoms with Crippen LogP contribution in [-0.4, -0.2) is 15.0 Å². The number of aryl methyl sites for hydroxylation is 2. The second-order valence-corrected chi connectivity index (χ2v) is 5.27. The molecule has 3 aromatic rings. The fourth-order valence-corrected chi connectivity index (χ4v) is 2.30. The van der Waals surface area contributed by atoms with Gasteiger partial charge in [0.05, 0.1) is 11.8 Å². The fourth-order valence-electron chi connectivity index (χ4n) is 2.30. The van der Waals surface area contributed by atoms with Crippen molar-refractivity contribution in [1.82, 2.24) is 15.0 Å². The summed E-state index contributed by atoms with van der Waals surface area (Å²) in [5.74, 6) is 1.86. The molecule has 0 aliphatic heterocycles. The Kier molecular flexibility index (Phi) is 4.59. The Morgan fingerprint density at radius 3 is 2.54 bits per heavy atom. The molecule has 0 saturated heterocycles. The third-order valence-electron chi connectivity index (χ3n) is 3.46. The zero-order chi connectivity index (χ0) is 17.0. The van der Waals surface area contributed by atoms with Crippen molar-refractivity contribution in [3.63, 3.8) is 0 Å². The molecule has 0 fully saturated rings. The van der Waals surface area contributed by atoms with Gasteiger partial charge in [-0.3, -0.25) is 0 Å². The van der Waals surface area contributed by atoms with Crippen LogP contribution in [0.1, 0.15) is 28.5 Å². The van der Waals surface area contributed by atoms with Crippen LogP contribution in [0.4, 0.5) is 13.2 Å². The van der Waals surface area contributed by atoms with Gasteiger partial charge in [0.25, 0.3) is 0 Å². The van der Waals surface area contributed by atoms with Crippen LogP contribution in [0.25, 0.3) is 0 Å². The average Bonchev–Trinajstić information content (AvgIpc) is 3.06. The van der Waals surface area contributed by atoms with Crippen molar-refractivity contribution in [1.29, 1.82) is 0 Å². The quantitative estimate of drug-likeness (QED) is 0.711. The summed E-state index contributed by atoms with van der Waals surface area (Å²) in [7, 11) is 0. The van der Waals surface area contributed by atoms with Crippen molar-refractivity contribution in [3.8, 4) is 0 Å². The molecule has 0 spiro atoms. The summed E-state index contributed by atoms with van der Waals surface area (Å²) in [6, 6.07) is 8.85. The number of halogens is 3. The fraction of sp³-hybridized carbons (Fsp3) is 0.235. The van der Waals surface area contributed by atoms with Gasteiger partial charge in [0.15, 0.2) is 0 Å². The zero-order valence-corrected chi connectivity index (χ0v) is 12.6. The van der Waals surface area contributed by atoms with E-state index in [4.69, 9.17) is 4.42 Å². The van der Waals surface area contributed by atoms with Crippen LogP contribution in [0.3, 0.4) is 0 Å². The molecule has 0 radical (unpaired) electrons. The highest BCUT2D eigenvalue weighted by atomic mass is 19.4. The first-order valence-corrected chi connectivity index (χ1v) is 7.36. The minimum atomic E-state index is -4.36. The lowest BCUT2D eigenvalue weighted by molar-refractivity contribution is -0.137. The van der Waals surface area contributed by atoms with Crippen LogP contribution in [0.15, 0.2) is 53.4 Å². The molecular weight excluding hydrogens is 319 g/mol. The summed E-state index contributed by atoms with van der Waals surface area (Å²) < 4.78 is 43.5. The van der Waals surface area contributed by atoms with E-state index >= 15 is 0 Å². The molecule has 0 unspecified atom stereocenters. The number of nitrogens with zero attached hydrogens (tertiary/aromatic N) is 3. The van der Waals surface area contributed by atoms with Crippen molar-refractivity contribution in [2.24, 2.45) is 0 Å². The summed E-state index contributed by atoms with van der Waals surface area (Å²) in [5.41, 5.74) is -0.167. The summed E-state index contributed by atoms with van der Waals surface area (Å²) >= 11 is 0. The summed E-state index contributed by atoms with van der Waals surface area (Å²) in [6.45, 7) is 0. The van der Waals surface area contributed by atoms with Crippen molar-refractivity contribution in [3.05, 3.63) is 77.5 Å². The Morgan fingerprint density at radius 1 is 0.958 bits per heavy atom. The Balaban J connectivity index is 1.70. The third kappa shape index (κ3) is 4.18. The van der Waals surface area contributed by atoms with Gasteiger partial charge in [-0.15, -0.1) is 0 Å². The minimum Gasteiger partial charge on any atom is -0.469 e.